The van der Waals surface area contributed by atoms with Crippen molar-refractivity contribution >= 4 is 22.7 Å². The van der Waals surface area contributed by atoms with E-state index in [0.29, 0.717) is 31.2 Å². The van der Waals surface area contributed by atoms with Gasteiger partial charge in [-0.2, -0.15) is 0 Å². The highest BCUT2D eigenvalue weighted by Gasteiger charge is 2.28. The fourth-order valence-corrected chi connectivity index (χ4v) is 6.35. The summed E-state index contributed by atoms with van der Waals surface area (Å²) in [6, 6.07) is 24.4. The van der Waals surface area contributed by atoms with Gasteiger partial charge in [-0.1, -0.05) is 67.8 Å². The van der Waals surface area contributed by atoms with Gasteiger partial charge in [-0.05, 0) is 84.7 Å². The van der Waals surface area contributed by atoms with Crippen LogP contribution in [-0.2, 0) is 17.9 Å². The molecule has 42 heavy (non-hydrogen) atoms. The zero-order chi connectivity index (χ0) is 28.7. The average molecular weight is 562 g/mol. The molecule has 1 saturated carbocycles. The molecular weight excluding hydrogens is 522 g/mol. The number of nitrogens with zero attached hydrogens (tertiary/aromatic N) is 1. The molecule has 6 heteroatoms. The van der Waals surface area contributed by atoms with Gasteiger partial charge in [0.25, 0.3) is 5.91 Å². The van der Waals surface area contributed by atoms with E-state index in [4.69, 9.17) is 4.74 Å². The zero-order valence-corrected chi connectivity index (χ0v) is 24.1. The second kappa shape index (κ2) is 13.1. The van der Waals surface area contributed by atoms with Crippen LogP contribution in [0.2, 0.25) is 0 Å². The normalized spacial score (nSPS) is 17.7. The van der Waals surface area contributed by atoms with E-state index in [1.54, 1.807) is 0 Å². The first-order valence-electron chi connectivity index (χ1n) is 15.3. The predicted octanol–water partition coefficient (Wildman–Crippen LogP) is 7.13. The number of amides is 2. The number of ether oxygens (including phenoxy) is 1. The number of carbonyl (C=O) groups excluding carboxylic acids is 2. The van der Waals surface area contributed by atoms with Gasteiger partial charge in [-0.3, -0.25) is 9.59 Å². The first-order valence-corrected chi connectivity index (χ1v) is 15.3. The van der Waals surface area contributed by atoms with Gasteiger partial charge in [0.1, 0.15) is 18.9 Å². The number of nitrogens with one attached hydrogen (secondary N) is 2. The highest BCUT2D eigenvalue weighted by atomic mass is 16.5. The molecule has 2 aliphatic rings. The second-order valence-electron chi connectivity index (χ2n) is 11.4. The minimum atomic E-state index is -0.0851. The van der Waals surface area contributed by atoms with Crippen LogP contribution in [0.5, 0.6) is 5.75 Å². The lowest BCUT2D eigenvalue weighted by Gasteiger charge is -2.24. The first kappa shape index (κ1) is 27.8. The smallest absolute Gasteiger partial charge is 0.251 e. The molecule has 1 fully saturated rings. The largest absolute Gasteiger partial charge is 0.489 e. The molecule has 0 atom stereocenters. The Morgan fingerprint density at radius 1 is 0.786 bits per heavy atom. The molecule has 0 saturated heterocycles. The van der Waals surface area contributed by atoms with Crippen LogP contribution in [-0.4, -0.2) is 29.5 Å². The zero-order valence-electron chi connectivity index (χ0n) is 24.1. The van der Waals surface area contributed by atoms with Crippen LogP contribution >= 0.6 is 0 Å². The molecular formula is C36H39N3O3. The minimum Gasteiger partial charge on any atom is -0.489 e. The third-order valence-corrected chi connectivity index (χ3v) is 8.45. The van der Waals surface area contributed by atoms with Crippen molar-refractivity contribution in [2.24, 2.45) is 0 Å². The Morgan fingerprint density at radius 3 is 2.26 bits per heavy atom. The summed E-state index contributed by atoms with van der Waals surface area (Å²) < 4.78 is 8.23. The second-order valence-corrected chi connectivity index (χ2v) is 11.4. The fraction of sp³-hybridized carbons (Fsp3) is 0.333. The number of benzene rings is 3. The number of carbonyl (C=O) groups is 2. The molecule has 2 heterocycles. The molecule has 0 unspecified atom stereocenters. The van der Waals surface area contributed by atoms with Gasteiger partial charge < -0.3 is 19.9 Å². The van der Waals surface area contributed by atoms with Gasteiger partial charge in [-0.25, -0.2) is 0 Å². The van der Waals surface area contributed by atoms with Gasteiger partial charge in [0.15, 0.2) is 0 Å². The van der Waals surface area contributed by atoms with Crippen LogP contribution in [0.3, 0.4) is 0 Å². The maximum Gasteiger partial charge on any atom is 0.251 e. The highest BCUT2D eigenvalue weighted by molar-refractivity contribution is 6.01. The molecule has 2 amide bonds. The van der Waals surface area contributed by atoms with Crippen LogP contribution in [0.1, 0.15) is 72.3 Å². The standard InChI is InChI=1S/C36H39N3O3/c40-33-24-39-32-23-29(36(41)38-22-10-2-1-9-21-37-33)17-20-31(32)34(27-13-7-4-8-14-27)35(39)28-15-18-30(19-16-28)42-25-26-11-5-3-6-12-26/h1-3,5-6,11-12,15-20,23,27H,4,7-10,13-14,21-22,24-25H2,(H,37,40)(H,38,41)/b2-1+. The van der Waals surface area contributed by atoms with Gasteiger partial charge in [0.2, 0.25) is 5.91 Å². The van der Waals surface area contributed by atoms with E-state index in [1.807, 2.05) is 42.5 Å². The maximum absolute atomic E-state index is 13.3. The molecule has 216 valence electrons. The Bertz CT molecular complexity index is 1560. The third-order valence-electron chi connectivity index (χ3n) is 8.45. The molecule has 1 aliphatic heterocycles. The van der Waals surface area contributed by atoms with Gasteiger partial charge in [-0.15, -0.1) is 0 Å². The van der Waals surface area contributed by atoms with E-state index in [2.05, 4.69) is 57.7 Å². The van der Waals surface area contributed by atoms with Crippen molar-refractivity contribution in [2.75, 3.05) is 13.1 Å². The SMILES string of the molecule is O=C1Cn2c(-c3ccc(OCc4ccccc4)cc3)c(C3CCCCC3)c3ccc(cc32)C(=O)NCC/C=C/CCN1. The number of rotatable bonds is 5. The molecule has 0 radical (unpaired) electrons. The van der Waals surface area contributed by atoms with E-state index >= 15 is 0 Å². The minimum absolute atomic E-state index is 0.0238. The van der Waals surface area contributed by atoms with Crippen molar-refractivity contribution in [2.45, 2.75) is 64.0 Å². The summed E-state index contributed by atoms with van der Waals surface area (Å²) in [5.41, 5.74) is 6.10. The molecule has 6 rings (SSSR count). The molecule has 0 spiro atoms. The molecule has 6 nitrogen and oxygen atoms in total. The summed E-state index contributed by atoms with van der Waals surface area (Å²) >= 11 is 0. The van der Waals surface area contributed by atoms with Crippen molar-refractivity contribution < 1.29 is 14.3 Å². The highest BCUT2D eigenvalue weighted by Crippen LogP contribution is 2.44. The molecule has 2 N–H and O–H groups in total. The van der Waals surface area contributed by atoms with Gasteiger partial charge >= 0.3 is 0 Å². The maximum atomic E-state index is 13.3. The van der Waals surface area contributed by atoms with E-state index in [1.165, 1.54) is 24.8 Å². The van der Waals surface area contributed by atoms with Crippen LogP contribution in [0, 0.1) is 0 Å². The Labute approximate surface area is 247 Å². The first-order chi connectivity index (χ1) is 20.7. The lowest BCUT2D eigenvalue weighted by Crippen LogP contribution is -2.28. The lowest BCUT2D eigenvalue weighted by molar-refractivity contribution is -0.121. The van der Waals surface area contributed by atoms with E-state index < -0.39 is 0 Å². The van der Waals surface area contributed by atoms with E-state index in [9.17, 15) is 9.59 Å². The van der Waals surface area contributed by atoms with E-state index in [-0.39, 0.29) is 18.4 Å². The Kier molecular flexibility index (Phi) is 8.69. The summed E-state index contributed by atoms with van der Waals surface area (Å²) in [4.78, 5) is 26.4. The Hall–Kier alpha value is -4.32. The van der Waals surface area contributed by atoms with Crippen molar-refractivity contribution in [1.82, 2.24) is 15.2 Å². The molecule has 1 aliphatic carbocycles. The summed E-state index contributed by atoms with van der Waals surface area (Å²) in [6.45, 7) is 1.87. The topological polar surface area (TPSA) is 72.4 Å². The predicted molar refractivity (Wildman–Crippen MR) is 168 cm³/mol. The number of hydrogen-bond donors (Lipinski definition) is 2. The van der Waals surface area contributed by atoms with Crippen LogP contribution in [0.4, 0.5) is 0 Å². The summed E-state index contributed by atoms with van der Waals surface area (Å²) in [5, 5.41) is 7.30. The van der Waals surface area contributed by atoms with E-state index in [0.717, 1.165) is 59.2 Å². The monoisotopic (exact) mass is 561 g/mol. The quantitative estimate of drug-likeness (QED) is 0.255. The molecule has 1 aromatic heterocycles. The van der Waals surface area contributed by atoms with Crippen molar-refractivity contribution in [3.8, 4) is 17.0 Å². The Morgan fingerprint density at radius 2 is 1.50 bits per heavy atom. The Balaban J connectivity index is 1.44. The summed E-state index contributed by atoms with van der Waals surface area (Å²) in [5.74, 6) is 1.10. The van der Waals surface area contributed by atoms with Crippen molar-refractivity contribution in [3.05, 3.63) is 102 Å². The molecule has 3 aromatic carbocycles. The van der Waals surface area contributed by atoms with Crippen LogP contribution in [0.25, 0.3) is 22.2 Å². The number of fused-ring (bicyclic) bond motifs is 1. The summed E-state index contributed by atoms with van der Waals surface area (Å²) in [7, 11) is 0. The van der Waals surface area contributed by atoms with Gasteiger partial charge in [0, 0.05) is 24.0 Å². The van der Waals surface area contributed by atoms with Gasteiger partial charge in [0.05, 0.1) is 11.2 Å². The summed E-state index contributed by atoms with van der Waals surface area (Å²) in [6.07, 6.45) is 11.6. The average Bonchev–Trinajstić information content (AvgIpc) is 3.35. The lowest BCUT2D eigenvalue weighted by atomic mass is 9.81. The van der Waals surface area contributed by atoms with Crippen molar-refractivity contribution in [1.29, 1.82) is 0 Å². The fourth-order valence-electron chi connectivity index (χ4n) is 6.35. The van der Waals surface area contributed by atoms with Crippen molar-refractivity contribution in [3.63, 3.8) is 0 Å². The molecule has 2 bridgehead atoms. The van der Waals surface area contributed by atoms with Crippen LogP contribution in [0.15, 0.2) is 84.9 Å². The third kappa shape index (κ3) is 6.28. The molecule has 4 aromatic rings. The number of aromatic nitrogens is 1. The van der Waals surface area contributed by atoms with Crippen LogP contribution < -0.4 is 15.4 Å². The number of hydrogen-bond acceptors (Lipinski definition) is 3.